The molecule has 300 valence electrons. The Morgan fingerprint density at radius 2 is 0.738 bits per heavy atom. The summed E-state index contributed by atoms with van der Waals surface area (Å²) in [5.74, 6) is 0. The van der Waals surface area contributed by atoms with Crippen molar-refractivity contribution in [3.63, 3.8) is 0 Å². The Balaban J connectivity index is 0.000000128. The molecule has 0 aliphatic carbocycles. The first kappa shape index (κ1) is 39.8. The van der Waals surface area contributed by atoms with Gasteiger partial charge in [-0.15, -0.1) is 0 Å². The summed E-state index contributed by atoms with van der Waals surface area (Å²) in [6, 6.07) is 73.1. The molecule has 3 nitrogen and oxygen atoms in total. The quantitative estimate of drug-likeness (QED) is 0.174. The molecule has 8 aromatic carbocycles. The van der Waals surface area contributed by atoms with Crippen molar-refractivity contribution in [2.75, 3.05) is 10.1 Å². The topological polar surface area (TPSA) is 27.3 Å². The molecule has 0 amide bonds. The van der Waals surface area contributed by atoms with Crippen molar-refractivity contribution in [2.24, 2.45) is 0 Å². The van der Waals surface area contributed by atoms with Crippen molar-refractivity contribution in [3.05, 3.63) is 206 Å². The van der Waals surface area contributed by atoms with Gasteiger partial charge in [-0.25, -0.2) is 0 Å². The molecule has 0 saturated carbocycles. The molecule has 4 heteroatoms. The lowest BCUT2D eigenvalue weighted by atomic mass is 9.43. The smallest absolute Gasteiger partial charge is 0.329 e. The minimum atomic E-state index is 0.215. The summed E-state index contributed by atoms with van der Waals surface area (Å²) in [5, 5.41) is 7.27. The lowest BCUT2D eigenvalue weighted by molar-refractivity contribution is 0.183. The molecule has 3 aliphatic heterocycles. The third-order valence-corrected chi connectivity index (χ3v) is 12.2. The van der Waals surface area contributed by atoms with E-state index in [9.17, 15) is 0 Å². The second kappa shape index (κ2) is 17.2. The Hall–Kier alpha value is -6.62. The fourth-order valence-electron chi connectivity index (χ4n) is 9.72. The number of benzene rings is 8. The van der Waals surface area contributed by atoms with Crippen LogP contribution in [0.15, 0.2) is 206 Å². The maximum atomic E-state index is 3.64. The standard InChI is InChI=1S/C24H16BN.C24H19N.C9H19N/c1-5-13-21-17(9-1)19-11-3-7-15-23(19)26-24-16-8-4-12-20(24)18-10-2-6-14-22(18)25(21)26;1-3-11-19(12-4-1)21-15-7-9-17-23(21)25-24-18-10-8-16-22(24)20-13-5-2-6-14-20;1-8(2)6-5-7-9(3,4)10-8/h1-16H;1-18,25H;10H,5-7H2,1-4H3. The molecule has 0 spiro atoms. The summed E-state index contributed by atoms with van der Waals surface area (Å²) in [6.07, 6.45) is 4.00. The average Bonchev–Trinajstić information content (AvgIpc) is 3.29. The number of hydrogen-bond donors (Lipinski definition) is 2. The summed E-state index contributed by atoms with van der Waals surface area (Å²) in [4.78, 5) is 2.52. The fourth-order valence-corrected chi connectivity index (χ4v) is 9.72. The molecule has 3 aliphatic rings. The van der Waals surface area contributed by atoms with Gasteiger partial charge in [0, 0.05) is 56.1 Å². The zero-order valence-electron chi connectivity index (χ0n) is 35.8. The van der Waals surface area contributed by atoms with Gasteiger partial charge in [-0.1, -0.05) is 182 Å². The average molecular weight is 792 g/mol. The maximum absolute atomic E-state index is 3.64. The van der Waals surface area contributed by atoms with Gasteiger partial charge in [-0.2, -0.15) is 0 Å². The first-order chi connectivity index (χ1) is 29.8. The van der Waals surface area contributed by atoms with Crippen LogP contribution in [0.1, 0.15) is 47.0 Å². The summed E-state index contributed by atoms with van der Waals surface area (Å²) >= 11 is 0. The summed E-state index contributed by atoms with van der Waals surface area (Å²) in [5.41, 5.74) is 18.4. The molecule has 1 saturated heterocycles. The van der Waals surface area contributed by atoms with Gasteiger partial charge in [0.2, 0.25) is 0 Å². The van der Waals surface area contributed by atoms with E-state index in [-0.39, 0.29) is 6.85 Å². The van der Waals surface area contributed by atoms with E-state index in [1.807, 2.05) is 12.1 Å². The molecule has 0 unspecified atom stereocenters. The second-order valence-electron chi connectivity index (χ2n) is 17.7. The number of para-hydroxylation sites is 4. The van der Waals surface area contributed by atoms with E-state index in [1.54, 1.807) is 0 Å². The third kappa shape index (κ3) is 8.42. The molecule has 61 heavy (non-hydrogen) atoms. The van der Waals surface area contributed by atoms with E-state index in [4.69, 9.17) is 0 Å². The van der Waals surface area contributed by atoms with Crippen LogP contribution in [0.3, 0.4) is 0 Å². The summed E-state index contributed by atoms with van der Waals surface area (Å²) in [7, 11) is 0. The number of fused-ring (bicyclic) bond motifs is 11. The molecule has 0 aromatic heterocycles. The highest BCUT2D eigenvalue weighted by Crippen LogP contribution is 2.45. The van der Waals surface area contributed by atoms with Gasteiger partial charge < -0.3 is 15.4 Å². The van der Waals surface area contributed by atoms with Gasteiger partial charge in [0.15, 0.2) is 0 Å². The zero-order valence-corrected chi connectivity index (χ0v) is 35.8. The molecule has 0 atom stereocenters. The Morgan fingerprint density at radius 1 is 0.393 bits per heavy atom. The predicted octanol–water partition coefficient (Wildman–Crippen LogP) is 13.7. The van der Waals surface area contributed by atoms with Crippen LogP contribution in [0.5, 0.6) is 0 Å². The minimum absolute atomic E-state index is 0.215. The molecule has 0 radical (unpaired) electrons. The number of nitrogens with zero attached hydrogens (tertiary/aromatic N) is 1. The van der Waals surface area contributed by atoms with E-state index < -0.39 is 0 Å². The second-order valence-corrected chi connectivity index (χ2v) is 17.7. The maximum Gasteiger partial charge on any atom is 0.329 e. The fraction of sp³-hybridized carbons (Fsp3) is 0.158. The van der Waals surface area contributed by atoms with Crippen LogP contribution in [0.25, 0.3) is 44.5 Å². The van der Waals surface area contributed by atoms with E-state index in [0.717, 1.165) is 11.4 Å². The van der Waals surface area contributed by atoms with Gasteiger partial charge >= 0.3 is 6.85 Å². The zero-order chi connectivity index (χ0) is 41.8. The Morgan fingerprint density at radius 3 is 1.15 bits per heavy atom. The lowest BCUT2D eigenvalue weighted by Gasteiger charge is -2.43. The highest BCUT2D eigenvalue weighted by molar-refractivity contribution is 6.92. The van der Waals surface area contributed by atoms with Gasteiger partial charge in [0.1, 0.15) is 0 Å². The minimum Gasteiger partial charge on any atom is -0.376 e. The highest BCUT2D eigenvalue weighted by Gasteiger charge is 2.41. The van der Waals surface area contributed by atoms with Gasteiger partial charge in [0.05, 0.1) is 0 Å². The van der Waals surface area contributed by atoms with Crippen LogP contribution < -0.4 is 26.4 Å². The highest BCUT2D eigenvalue weighted by atomic mass is 15.1. The van der Waals surface area contributed by atoms with Crippen molar-refractivity contribution >= 4 is 40.5 Å². The van der Waals surface area contributed by atoms with Crippen LogP contribution in [0, 0.1) is 0 Å². The molecule has 0 bridgehead atoms. The Kier molecular flexibility index (Phi) is 11.2. The number of hydrogen-bond acceptors (Lipinski definition) is 3. The molecule has 8 aromatic rings. The normalized spacial score (nSPS) is 14.8. The van der Waals surface area contributed by atoms with E-state index >= 15 is 0 Å². The number of rotatable bonds is 4. The first-order valence-electron chi connectivity index (χ1n) is 21.8. The molecule has 3 heterocycles. The van der Waals surface area contributed by atoms with Crippen molar-refractivity contribution in [1.82, 2.24) is 5.32 Å². The molecule has 11 rings (SSSR count). The Labute approximate surface area is 363 Å². The van der Waals surface area contributed by atoms with Crippen molar-refractivity contribution in [3.8, 4) is 44.5 Å². The lowest BCUT2D eigenvalue weighted by Crippen LogP contribution is -2.59. The van der Waals surface area contributed by atoms with Crippen LogP contribution in [-0.4, -0.2) is 17.9 Å². The van der Waals surface area contributed by atoms with Crippen molar-refractivity contribution in [2.45, 2.75) is 58.0 Å². The van der Waals surface area contributed by atoms with E-state index in [1.165, 1.54) is 86.1 Å². The number of anilines is 4. The molecular formula is C57H54BN3. The largest absolute Gasteiger partial charge is 0.376 e. The van der Waals surface area contributed by atoms with E-state index in [0.29, 0.717) is 11.1 Å². The number of piperidine rings is 1. The van der Waals surface area contributed by atoms with Crippen molar-refractivity contribution in [1.29, 1.82) is 0 Å². The van der Waals surface area contributed by atoms with Crippen LogP contribution in [-0.2, 0) is 0 Å². The molecule has 2 N–H and O–H groups in total. The summed E-state index contributed by atoms with van der Waals surface area (Å²) < 4.78 is 0. The van der Waals surface area contributed by atoms with Crippen LogP contribution >= 0.6 is 0 Å². The van der Waals surface area contributed by atoms with Crippen LogP contribution in [0.4, 0.5) is 22.7 Å². The SMILES string of the molecule is CC1(C)CCCC(C)(C)N1.c1ccc(-c2ccccc2Nc2ccccc2-c2ccccc2)cc1.c1ccc2c(c1)B1c3ccccc3-c3ccccc3N1c1ccccc1-2. The van der Waals surface area contributed by atoms with Gasteiger partial charge in [-0.05, 0) is 104 Å². The predicted molar refractivity (Wildman–Crippen MR) is 263 cm³/mol. The third-order valence-electron chi connectivity index (χ3n) is 12.2. The Bertz CT molecular complexity index is 2480. The first-order valence-corrected chi connectivity index (χ1v) is 21.8. The van der Waals surface area contributed by atoms with Gasteiger partial charge in [0.25, 0.3) is 0 Å². The number of nitrogens with one attached hydrogen (secondary N) is 2. The summed E-state index contributed by atoms with van der Waals surface area (Å²) in [6.45, 7) is 9.36. The molecule has 1 fully saturated rings. The molecular weight excluding hydrogens is 737 g/mol. The van der Waals surface area contributed by atoms with Gasteiger partial charge in [-0.3, -0.25) is 0 Å². The van der Waals surface area contributed by atoms with Crippen molar-refractivity contribution < 1.29 is 0 Å². The van der Waals surface area contributed by atoms with E-state index in [2.05, 4.69) is 237 Å². The van der Waals surface area contributed by atoms with Crippen LogP contribution in [0.2, 0.25) is 0 Å². The monoisotopic (exact) mass is 791 g/mol.